The minimum absolute atomic E-state index is 0.0202. The molecule has 1 unspecified atom stereocenters. The van der Waals surface area contributed by atoms with E-state index in [0.717, 1.165) is 0 Å². The molecule has 0 rings (SSSR count). The Kier molecular flexibility index (Phi) is 5.91. The highest BCUT2D eigenvalue weighted by Crippen LogP contribution is 2.12. The van der Waals surface area contributed by atoms with Gasteiger partial charge in [-0.05, 0) is 20.8 Å². The number of hydrogen-bond acceptors (Lipinski definition) is 3. The third-order valence-electron chi connectivity index (χ3n) is 1.82. The second-order valence-corrected chi connectivity index (χ2v) is 4.93. The van der Waals surface area contributed by atoms with Crippen molar-refractivity contribution in [1.82, 2.24) is 10.6 Å². The fourth-order valence-electron chi connectivity index (χ4n) is 1.19. The highest BCUT2D eigenvalue weighted by Gasteiger charge is 2.28. The lowest BCUT2D eigenvalue weighted by Gasteiger charge is -2.23. The summed E-state index contributed by atoms with van der Waals surface area (Å²) < 4.78 is 35.9. The van der Waals surface area contributed by atoms with Gasteiger partial charge in [0.15, 0.2) is 0 Å². The van der Waals surface area contributed by atoms with Crippen molar-refractivity contribution in [3.63, 3.8) is 0 Å². The first kappa shape index (κ1) is 16.2. The normalized spacial score (nSPS) is 14.5. The Hall–Kier alpha value is -0.820. The summed E-state index contributed by atoms with van der Waals surface area (Å²) in [6, 6.07) is -0.668. The van der Waals surface area contributed by atoms with Gasteiger partial charge in [-0.2, -0.15) is 13.2 Å². The standard InChI is InChI=1S/C10H20F3N3O/c1-9(2,3)16-8(17)4-7(5-14)15-6-10(11,12)13/h7,15H,4-6,14H2,1-3H3,(H,16,17). The molecule has 0 saturated carbocycles. The highest BCUT2D eigenvalue weighted by molar-refractivity contribution is 5.77. The van der Waals surface area contributed by atoms with E-state index in [1.165, 1.54) is 0 Å². The number of carbonyl (C=O) groups excluding carboxylic acids is 1. The van der Waals surface area contributed by atoms with Crippen LogP contribution < -0.4 is 16.4 Å². The molecule has 0 aliphatic rings. The molecule has 17 heavy (non-hydrogen) atoms. The van der Waals surface area contributed by atoms with Gasteiger partial charge in [0.25, 0.3) is 0 Å². The fraction of sp³-hybridized carbons (Fsp3) is 0.900. The number of halogens is 3. The van der Waals surface area contributed by atoms with Gasteiger partial charge in [0, 0.05) is 24.5 Å². The molecule has 0 spiro atoms. The van der Waals surface area contributed by atoms with Gasteiger partial charge in [0.2, 0.25) is 5.91 Å². The average molecular weight is 255 g/mol. The van der Waals surface area contributed by atoms with Crippen LogP contribution in [0.25, 0.3) is 0 Å². The van der Waals surface area contributed by atoms with Gasteiger partial charge in [-0.3, -0.25) is 4.79 Å². The van der Waals surface area contributed by atoms with Gasteiger partial charge < -0.3 is 16.4 Å². The molecule has 4 nitrogen and oxygen atoms in total. The molecule has 7 heteroatoms. The van der Waals surface area contributed by atoms with Crippen LogP contribution in [0.4, 0.5) is 13.2 Å². The van der Waals surface area contributed by atoms with Gasteiger partial charge in [-0.25, -0.2) is 0 Å². The Balaban J connectivity index is 4.09. The predicted octanol–water partition coefficient (Wildman–Crippen LogP) is 0.770. The number of alkyl halides is 3. The topological polar surface area (TPSA) is 67.2 Å². The van der Waals surface area contributed by atoms with Crippen molar-refractivity contribution in [2.45, 2.75) is 44.9 Å². The van der Waals surface area contributed by atoms with Gasteiger partial charge in [0.1, 0.15) is 0 Å². The molecule has 0 aromatic rings. The summed E-state index contributed by atoms with van der Waals surface area (Å²) in [5.41, 5.74) is 4.90. The van der Waals surface area contributed by atoms with E-state index in [1.807, 2.05) is 0 Å². The fourth-order valence-corrected chi connectivity index (χ4v) is 1.19. The third-order valence-corrected chi connectivity index (χ3v) is 1.82. The number of hydrogen-bond donors (Lipinski definition) is 3. The molecule has 1 atom stereocenters. The number of carbonyl (C=O) groups is 1. The number of amides is 1. The summed E-state index contributed by atoms with van der Waals surface area (Å²) in [5, 5.41) is 4.88. The van der Waals surface area contributed by atoms with Crippen molar-refractivity contribution >= 4 is 5.91 Å². The van der Waals surface area contributed by atoms with Crippen molar-refractivity contribution in [2.75, 3.05) is 13.1 Å². The van der Waals surface area contributed by atoms with Crippen molar-refractivity contribution < 1.29 is 18.0 Å². The molecule has 0 aromatic heterocycles. The number of nitrogens with two attached hydrogens (primary N) is 1. The lowest BCUT2D eigenvalue weighted by Crippen LogP contribution is -2.47. The minimum atomic E-state index is -4.30. The van der Waals surface area contributed by atoms with E-state index in [0.29, 0.717) is 0 Å². The molecular formula is C10H20F3N3O. The Morgan fingerprint density at radius 3 is 2.18 bits per heavy atom. The van der Waals surface area contributed by atoms with E-state index in [9.17, 15) is 18.0 Å². The average Bonchev–Trinajstić information content (AvgIpc) is 2.07. The van der Waals surface area contributed by atoms with E-state index in [-0.39, 0.29) is 18.9 Å². The van der Waals surface area contributed by atoms with Crippen LogP contribution in [-0.4, -0.2) is 36.8 Å². The second-order valence-electron chi connectivity index (χ2n) is 4.93. The SMILES string of the molecule is CC(C)(C)NC(=O)CC(CN)NCC(F)(F)F. The maximum absolute atomic E-state index is 12.0. The lowest BCUT2D eigenvalue weighted by atomic mass is 10.1. The van der Waals surface area contributed by atoms with E-state index in [1.54, 1.807) is 20.8 Å². The zero-order valence-electron chi connectivity index (χ0n) is 10.3. The van der Waals surface area contributed by atoms with Gasteiger partial charge >= 0.3 is 6.18 Å². The van der Waals surface area contributed by atoms with Crippen LogP contribution in [-0.2, 0) is 4.79 Å². The smallest absolute Gasteiger partial charge is 0.351 e. The van der Waals surface area contributed by atoms with Crippen LogP contribution in [0.2, 0.25) is 0 Å². The molecular weight excluding hydrogens is 235 g/mol. The third kappa shape index (κ3) is 10.1. The van der Waals surface area contributed by atoms with Crippen LogP contribution in [0.3, 0.4) is 0 Å². The maximum atomic E-state index is 12.0. The van der Waals surface area contributed by atoms with Crippen molar-refractivity contribution in [2.24, 2.45) is 5.73 Å². The summed E-state index contributed by atoms with van der Waals surface area (Å²) in [6.07, 6.45) is -4.36. The minimum Gasteiger partial charge on any atom is -0.351 e. The first-order valence-electron chi connectivity index (χ1n) is 5.35. The predicted molar refractivity (Wildman–Crippen MR) is 59.4 cm³/mol. The van der Waals surface area contributed by atoms with Crippen LogP contribution in [0.5, 0.6) is 0 Å². The number of nitrogens with one attached hydrogen (secondary N) is 2. The zero-order chi connectivity index (χ0) is 13.7. The molecule has 4 N–H and O–H groups in total. The summed E-state index contributed by atoms with van der Waals surface area (Å²) in [6.45, 7) is 4.23. The monoisotopic (exact) mass is 255 g/mol. The Morgan fingerprint density at radius 1 is 1.29 bits per heavy atom. The Morgan fingerprint density at radius 2 is 1.82 bits per heavy atom. The van der Waals surface area contributed by atoms with E-state index in [4.69, 9.17) is 5.73 Å². The van der Waals surface area contributed by atoms with Gasteiger partial charge in [-0.1, -0.05) is 0 Å². The molecule has 102 valence electrons. The second kappa shape index (κ2) is 6.20. The molecule has 0 aliphatic heterocycles. The molecule has 1 amide bonds. The molecule has 0 aliphatic carbocycles. The first-order chi connectivity index (χ1) is 7.53. The van der Waals surface area contributed by atoms with Gasteiger partial charge in [-0.15, -0.1) is 0 Å². The Bertz CT molecular complexity index is 248. The first-order valence-corrected chi connectivity index (χ1v) is 5.35. The van der Waals surface area contributed by atoms with Crippen LogP contribution in [0.1, 0.15) is 27.2 Å². The Labute approximate surface area is 99.1 Å². The van der Waals surface area contributed by atoms with Crippen molar-refractivity contribution in [3.8, 4) is 0 Å². The maximum Gasteiger partial charge on any atom is 0.401 e. The molecule has 0 saturated heterocycles. The highest BCUT2D eigenvalue weighted by atomic mass is 19.4. The van der Waals surface area contributed by atoms with Crippen molar-refractivity contribution in [1.29, 1.82) is 0 Å². The van der Waals surface area contributed by atoms with E-state index in [2.05, 4.69) is 10.6 Å². The molecule has 0 radical (unpaired) electrons. The van der Waals surface area contributed by atoms with Crippen molar-refractivity contribution in [3.05, 3.63) is 0 Å². The number of rotatable bonds is 5. The quantitative estimate of drug-likeness (QED) is 0.680. The zero-order valence-corrected chi connectivity index (χ0v) is 10.3. The summed E-state index contributed by atoms with van der Waals surface area (Å²) in [7, 11) is 0. The molecule has 0 heterocycles. The van der Waals surface area contributed by atoms with Crippen LogP contribution in [0.15, 0.2) is 0 Å². The molecule has 0 bridgehead atoms. The lowest BCUT2D eigenvalue weighted by molar-refractivity contribution is -0.129. The van der Waals surface area contributed by atoms with Crippen LogP contribution in [0, 0.1) is 0 Å². The largest absolute Gasteiger partial charge is 0.401 e. The van der Waals surface area contributed by atoms with Gasteiger partial charge in [0.05, 0.1) is 6.54 Å². The summed E-state index contributed by atoms with van der Waals surface area (Å²) in [5.74, 6) is -0.317. The van der Waals surface area contributed by atoms with E-state index >= 15 is 0 Å². The molecule has 0 fully saturated rings. The van der Waals surface area contributed by atoms with E-state index < -0.39 is 24.3 Å². The summed E-state index contributed by atoms with van der Waals surface area (Å²) in [4.78, 5) is 11.5. The van der Waals surface area contributed by atoms with Crippen LogP contribution >= 0.6 is 0 Å². The summed E-state index contributed by atoms with van der Waals surface area (Å²) >= 11 is 0. The molecule has 0 aromatic carbocycles.